The zero-order valence-corrected chi connectivity index (χ0v) is 10.8. The van der Waals surface area contributed by atoms with Gasteiger partial charge < -0.3 is 15.4 Å². The highest BCUT2D eigenvalue weighted by molar-refractivity contribution is 5.90. The first kappa shape index (κ1) is 12.1. The van der Waals surface area contributed by atoms with Crippen LogP contribution in [0.4, 0.5) is 10.5 Å². The van der Waals surface area contributed by atoms with Gasteiger partial charge in [-0.3, -0.25) is 0 Å². The molecule has 0 bridgehead atoms. The Labute approximate surface area is 112 Å². The molecule has 0 radical (unpaired) electrons. The number of carbonyl (C=O) groups excluding carboxylic acids is 1. The van der Waals surface area contributed by atoms with Crippen LogP contribution in [0.25, 0.3) is 0 Å². The molecule has 1 heterocycles. The van der Waals surface area contributed by atoms with Crippen molar-refractivity contribution in [3.63, 3.8) is 0 Å². The summed E-state index contributed by atoms with van der Waals surface area (Å²) in [7, 11) is 0. The van der Waals surface area contributed by atoms with E-state index in [0.29, 0.717) is 19.1 Å². The van der Waals surface area contributed by atoms with Gasteiger partial charge in [-0.05, 0) is 30.9 Å². The molecule has 0 saturated heterocycles. The Bertz CT molecular complexity index is 511. The lowest BCUT2D eigenvalue weighted by Gasteiger charge is -2.12. The van der Waals surface area contributed by atoms with Gasteiger partial charge in [-0.1, -0.05) is 18.2 Å². The fraction of sp³-hybridized carbons (Fsp3) is 0.400. The molecule has 4 nitrogen and oxygen atoms in total. The minimum atomic E-state index is -0.138. The Hall–Kier alpha value is -1.97. The smallest absolute Gasteiger partial charge is 0.319 e. The van der Waals surface area contributed by atoms with Crippen molar-refractivity contribution in [1.29, 1.82) is 0 Å². The van der Waals surface area contributed by atoms with Crippen molar-refractivity contribution in [3.05, 3.63) is 35.9 Å². The molecule has 2 N–H and O–H groups in total. The minimum absolute atomic E-state index is 0.138. The standard InChI is InChI=1S/C15H18N2O2/c18-15(16-10-11-4-1-2-5-11)17-13-6-3-7-14-12(13)8-9-19-14/h1,3-4,6-7,11H,2,5,8-10H2,(H2,16,17,18). The summed E-state index contributed by atoms with van der Waals surface area (Å²) >= 11 is 0. The van der Waals surface area contributed by atoms with Crippen LogP contribution in [0.15, 0.2) is 30.4 Å². The monoisotopic (exact) mass is 258 g/mol. The molecule has 0 aromatic heterocycles. The SMILES string of the molecule is O=C(NCC1C=CCC1)Nc1cccc2c1CCO2. The predicted molar refractivity (Wildman–Crippen MR) is 74.5 cm³/mol. The van der Waals surface area contributed by atoms with Gasteiger partial charge in [-0.25, -0.2) is 4.79 Å². The van der Waals surface area contributed by atoms with Gasteiger partial charge in [0.05, 0.1) is 6.61 Å². The van der Waals surface area contributed by atoms with Crippen LogP contribution in [0.2, 0.25) is 0 Å². The molecule has 19 heavy (non-hydrogen) atoms. The van der Waals surface area contributed by atoms with Crippen molar-refractivity contribution in [1.82, 2.24) is 5.32 Å². The molecule has 100 valence electrons. The Balaban J connectivity index is 1.57. The van der Waals surface area contributed by atoms with E-state index in [1.807, 2.05) is 18.2 Å². The third-order valence-electron chi connectivity index (χ3n) is 3.63. The first-order valence-electron chi connectivity index (χ1n) is 6.79. The Morgan fingerprint density at radius 2 is 2.37 bits per heavy atom. The summed E-state index contributed by atoms with van der Waals surface area (Å²) in [5, 5.41) is 5.83. The van der Waals surface area contributed by atoms with Crippen LogP contribution in [0.5, 0.6) is 5.75 Å². The van der Waals surface area contributed by atoms with Gasteiger partial charge in [0.1, 0.15) is 5.75 Å². The van der Waals surface area contributed by atoms with Gasteiger partial charge in [-0.2, -0.15) is 0 Å². The van der Waals surface area contributed by atoms with E-state index in [0.717, 1.165) is 36.3 Å². The number of hydrogen-bond donors (Lipinski definition) is 2. The second-order valence-electron chi connectivity index (χ2n) is 4.98. The fourth-order valence-electron chi connectivity index (χ4n) is 2.59. The lowest BCUT2D eigenvalue weighted by atomic mass is 10.1. The molecule has 1 aliphatic carbocycles. The maximum atomic E-state index is 11.9. The lowest BCUT2D eigenvalue weighted by molar-refractivity contribution is 0.251. The second kappa shape index (κ2) is 5.34. The third kappa shape index (κ3) is 2.72. The quantitative estimate of drug-likeness (QED) is 0.819. The number of hydrogen-bond acceptors (Lipinski definition) is 2. The maximum absolute atomic E-state index is 11.9. The highest BCUT2D eigenvalue weighted by Gasteiger charge is 2.17. The van der Waals surface area contributed by atoms with Crippen molar-refractivity contribution in [2.24, 2.45) is 5.92 Å². The number of rotatable bonds is 3. The van der Waals surface area contributed by atoms with Gasteiger partial charge >= 0.3 is 6.03 Å². The summed E-state index contributed by atoms with van der Waals surface area (Å²) in [5.41, 5.74) is 1.95. The van der Waals surface area contributed by atoms with E-state index in [2.05, 4.69) is 22.8 Å². The number of urea groups is 1. The van der Waals surface area contributed by atoms with Crippen molar-refractivity contribution in [2.45, 2.75) is 19.3 Å². The molecule has 1 aromatic carbocycles. The second-order valence-corrected chi connectivity index (χ2v) is 4.98. The van der Waals surface area contributed by atoms with E-state index in [1.54, 1.807) is 0 Å². The molecular weight excluding hydrogens is 240 g/mol. The van der Waals surface area contributed by atoms with E-state index >= 15 is 0 Å². The number of amides is 2. The molecule has 1 atom stereocenters. The summed E-state index contributed by atoms with van der Waals surface area (Å²) in [6.45, 7) is 1.40. The van der Waals surface area contributed by atoms with Crippen molar-refractivity contribution in [3.8, 4) is 5.75 Å². The van der Waals surface area contributed by atoms with Crippen LogP contribution < -0.4 is 15.4 Å². The molecule has 1 aromatic rings. The van der Waals surface area contributed by atoms with Crippen molar-refractivity contribution >= 4 is 11.7 Å². The summed E-state index contributed by atoms with van der Waals surface area (Å²) in [5.74, 6) is 1.37. The minimum Gasteiger partial charge on any atom is -0.493 e. The number of ether oxygens (including phenoxy) is 1. The van der Waals surface area contributed by atoms with E-state index in [1.165, 1.54) is 0 Å². The van der Waals surface area contributed by atoms with Crippen LogP contribution in [0, 0.1) is 5.92 Å². The average Bonchev–Trinajstić information content (AvgIpc) is 3.08. The maximum Gasteiger partial charge on any atom is 0.319 e. The number of nitrogens with one attached hydrogen (secondary N) is 2. The number of benzene rings is 1. The molecule has 2 amide bonds. The summed E-state index contributed by atoms with van der Waals surface area (Å²) in [6, 6.07) is 5.62. The Morgan fingerprint density at radius 3 is 3.21 bits per heavy atom. The number of fused-ring (bicyclic) bond motifs is 1. The third-order valence-corrected chi connectivity index (χ3v) is 3.63. The van der Waals surface area contributed by atoms with Crippen LogP contribution in [-0.4, -0.2) is 19.2 Å². The molecule has 4 heteroatoms. The summed E-state index contributed by atoms with van der Waals surface area (Å²) < 4.78 is 5.48. The van der Waals surface area contributed by atoms with Crippen LogP contribution in [-0.2, 0) is 6.42 Å². The van der Waals surface area contributed by atoms with Gasteiger partial charge in [0, 0.05) is 24.2 Å². The van der Waals surface area contributed by atoms with Crippen LogP contribution in [0.3, 0.4) is 0 Å². The molecule has 1 aliphatic heterocycles. The van der Waals surface area contributed by atoms with Crippen LogP contribution in [0.1, 0.15) is 18.4 Å². The van der Waals surface area contributed by atoms with E-state index < -0.39 is 0 Å². The number of carbonyl (C=O) groups is 1. The van der Waals surface area contributed by atoms with E-state index in [9.17, 15) is 4.79 Å². The van der Waals surface area contributed by atoms with Gasteiger partial charge in [0.15, 0.2) is 0 Å². The van der Waals surface area contributed by atoms with E-state index in [4.69, 9.17) is 4.74 Å². The van der Waals surface area contributed by atoms with Crippen molar-refractivity contribution in [2.75, 3.05) is 18.5 Å². The molecular formula is C15H18N2O2. The van der Waals surface area contributed by atoms with Gasteiger partial charge in [-0.15, -0.1) is 0 Å². The van der Waals surface area contributed by atoms with Gasteiger partial charge in [0.25, 0.3) is 0 Å². The highest BCUT2D eigenvalue weighted by Crippen LogP contribution is 2.31. The molecule has 2 aliphatic rings. The lowest BCUT2D eigenvalue weighted by Crippen LogP contribution is -2.32. The average molecular weight is 258 g/mol. The van der Waals surface area contributed by atoms with Gasteiger partial charge in [0.2, 0.25) is 0 Å². The molecule has 0 spiro atoms. The first-order chi connectivity index (χ1) is 9.33. The van der Waals surface area contributed by atoms with Crippen LogP contribution >= 0.6 is 0 Å². The molecule has 1 unspecified atom stereocenters. The zero-order chi connectivity index (χ0) is 13.1. The highest BCUT2D eigenvalue weighted by atomic mass is 16.5. The molecule has 0 fully saturated rings. The van der Waals surface area contributed by atoms with E-state index in [-0.39, 0.29) is 6.03 Å². The van der Waals surface area contributed by atoms with Crippen molar-refractivity contribution < 1.29 is 9.53 Å². The zero-order valence-electron chi connectivity index (χ0n) is 10.8. The number of anilines is 1. The Morgan fingerprint density at radius 1 is 1.42 bits per heavy atom. The largest absolute Gasteiger partial charge is 0.493 e. The molecule has 3 rings (SSSR count). The summed E-state index contributed by atoms with van der Waals surface area (Å²) in [6.07, 6.45) is 7.46. The number of allylic oxidation sites excluding steroid dienone is 1. The normalized spacial score (nSPS) is 19.9. The Kier molecular flexibility index (Phi) is 3.40. The predicted octanol–water partition coefficient (Wildman–Crippen LogP) is 2.71. The summed E-state index contributed by atoms with van der Waals surface area (Å²) in [4.78, 5) is 11.9. The topological polar surface area (TPSA) is 50.4 Å². The first-order valence-corrected chi connectivity index (χ1v) is 6.79. The fourth-order valence-corrected chi connectivity index (χ4v) is 2.59. The molecule has 0 saturated carbocycles.